The summed E-state index contributed by atoms with van der Waals surface area (Å²) in [6.45, 7) is 2.24. The topological polar surface area (TPSA) is 95.5 Å². The van der Waals surface area contributed by atoms with Crippen LogP contribution in [0.15, 0.2) is 0 Å². The zero-order valence-corrected chi connectivity index (χ0v) is 18.6. The number of carbonyl (C=O) groups excluding carboxylic acids is 1. The molecule has 2 N–H and O–H groups in total. The summed E-state index contributed by atoms with van der Waals surface area (Å²) in [6.07, 6.45) is 2.07. The van der Waals surface area contributed by atoms with Gasteiger partial charge >= 0.3 is 0 Å². The second-order valence-corrected chi connectivity index (χ2v) is 11.3. The van der Waals surface area contributed by atoms with Crippen LogP contribution in [0.2, 0.25) is 0 Å². The fourth-order valence-corrected chi connectivity index (χ4v) is 10.5. The van der Waals surface area contributed by atoms with E-state index in [-0.39, 0.29) is 66.1 Å². The van der Waals surface area contributed by atoms with Crippen LogP contribution < -0.4 is 5.32 Å². The molecule has 172 valence electrons. The lowest BCUT2D eigenvalue weighted by molar-refractivity contribution is -0.253. The molecule has 0 radical (unpaired) electrons. The molecule has 13 atom stereocenters. The van der Waals surface area contributed by atoms with Gasteiger partial charge in [0.25, 0.3) is 0 Å². The summed E-state index contributed by atoms with van der Waals surface area (Å²) < 4.78 is 31.7. The number of ether oxygens (including phenoxy) is 5. The summed E-state index contributed by atoms with van der Waals surface area (Å²) in [5.74, 6) is 0.155. The number of nitrogens with one attached hydrogen (secondary N) is 1. The van der Waals surface area contributed by atoms with E-state index in [0.717, 1.165) is 19.3 Å². The van der Waals surface area contributed by atoms with Gasteiger partial charge in [-0.25, -0.2) is 0 Å². The maximum atomic E-state index is 13.6. The van der Waals surface area contributed by atoms with Crippen LogP contribution in [0.1, 0.15) is 32.6 Å². The van der Waals surface area contributed by atoms with E-state index in [9.17, 15) is 9.90 Å². The van der Waals surface area contributed by atoms with Gasteiger partial charge in [0.2, 0.25) is 5.91 Å². The molecule has 8 heteroatoms. The van der Waals surface area contributed by atoms with Gasteiger partial charge in [-0.1, -0.05) is 6.92 Å². The van der Waals surface area contributed by atoms with Crippen molar-refractivity contribution in [1.82, 2.24) is 5.32 Å². The minimum absolute atomic E-state index is 0.0343. The Morgan fingerprint density at radius 3 is 2.68 bits per heavy atom. The lowest BCUT2D eigenvalue weighted by atomic mass is 9.43. The van der Waals surface area contributed by atoms with Crippen LogP contribution in [-0.4, -0.2) is 80.8 Å². The summed E-state index contributed by atoms with van der Waals surface area (Å²) in [5.41, 5.74) is -2.55. The molecule has 31 heavy (non-hydrogen) atoms. The van der Waals surface area contributed by atoms with Crippen molar-refractivity contribution in [3.8, 4) is 0 Å². The third kappa shape index (κ3) is 1.63. The number of fused-ring (bicyclic) bond motifs is 1. The molecule has 7 bridgehead atoms. The maximum Gasteiger partial charge on any atom is 0.226 e. The number of methoxy groups -OCH3 is 3. The SMILES string of the molecule is CO[C@H]1C[C@]23OCO[C@]24[C@@H](OC)C2[C@@]5([C@@H](OC)CC[C@@]2(C)C(=O)N[C@@H]54)[C@@H]2C[C@H]1[C@H](O)[C@@H]23. The zero-order valence-electron chi connectivity index (χ0n) is 18.6. The Kier molecular flexibility index (Phi) is 3.58. The van der Waals surface area contributed by atoms with E-state index in [2.05, 4.69) is 12.2 Å². The predicted octanol–water partition coefficient (Wildman–Crippen LogP) is 0.459. The predicted molar refractivity (Wildman–Crippen MR) is 106 cm³/mol. The average molecular weight is 436 g/mol. The smallest absolute Gasteiger partial charge is 0.226 e. The minimum atomic E-state index is -0.866. The maximum absolute atomic E-state index is 13.6. The largest absolute Gasteiger partial charge is 0.392 e. The second-order valence-electron chi connectivity index (χ2n) is 11.3. The van der Waals surface area contributed by atoms with Crippen molar-refractivity contribution in [2.75, 3.05) is 28.1 Å². The molecule has 5 saturated carbocycles. The molecule has 1 amide bonds. The fraction of sp³-hybridized carbons (Fsp3) is 0.957. The molecule has 0 aromatic rings. The number of hydrogen-bond donors (Lipinski definition) is 2. The average Bonchev–Trinajstić information content (AvgIpc) is 3.30. The van der Waals surface area contributed by atoms with Gasteiger partial charge in [-0.3, -0.25) is 4.79 Å². The summed E-state index contributed by atoms with van der Waals surface area (Å²) in [6, 6.07) is -0.272. The highest BCUT2D eigenvalue weighted by Crippen LogP contribution is 2.81. The van der Waals surface area contributed by atoms with E-state index < -0.39 is 22.7 Å². The summed E-state index contributed by atoms with van der Waals surface area (Å²) in [5, 5.41) is 15.1. The second kappa shape index (κ2) is 5.65. The van der Waals surface area contributed by atoms with Gasteiger partial charge in [0.05, 0.1) is 35.9 Å². The molecule has 7 fully saturated rings. The molecule has 2 saturated heterocycles. The third-order valence-corrected chi connectivity index (χ3v) is 11.2. The standard InChI is InChI=1S/C23H33NO7/c1-20-6-5-13(28-3)22-11-7-10-12(27-2)8-21(14(11)15(10)25)23(31-9-30-21,17(29-4)16(20)22)18(22)24-19(20)26/h10-18,25H,5-9H2,1-4H3,(H,24,26)/t10-,11-,12+,13+,14-,15+,16?,17+,18+,20-,21-,22+,23+/m1/s1. The summed E-state index contributed by atoms with van der Waals surface area (Å²) in [4.78, 5) is 13.6. The van der Waals surface area contributed by atoms with E-state index >= 15 is 0 Å². The van der Waals surface area contributed by atoms with Crippen LogP contribution in [-0.2, 0) is 28.5 Å². The first kappa shape index (κ1) is 19.7. The molecule has 7 aliphatic rings. The molecule has 0 aromatic heterocycles. The number of aliphatic hydroxyl groups excluding tert-OH is 1. The van der Waals surface area contributed by atoms with Crippen molar-refractivity contribution in [2.45, 2.75) is 74.3 Å². The molecule has 5 aliphatic carbocycles. The van der Waals surface area contributed by atoms with Gasteiger partial charge in [0.1, 0.15) is 18.0 Å². The van der Waals surface area contributed by atoms with Crippen LogP contribution in [0.4, 0.5) is 0 Å². The van der Waals surface area contributed by atoms with Crippen LogP contribution >= 0.6 is 0 Å². The number of rotatable bonds is 3. The van der Waals surface area contributed by atoms with Crippen molar-refractivity contribution in [3.05, 3.63) is 0 Å². The van der Waals surface area contributed by atoms with Crippen LogP contribution in [0.5, 0.6) is 0 Å². The molecule has 2 aliphatic heterocycles. The Morgan fingerprint density at radius 1 is 1.16 bits per heavy atom. The lowest BCUT2D eigenvalue weighted by Crippen LogP contribution is -2.81. The molecule has 7 rings (SSSR count). The third-order valence-electron chi connectivity index (χ3n) is 11.2. The van der Waals surface area contributed by atoms with Crippen LogP contribution in [0, 0.1) is 34.5 Å². The Balaban J connectivity index is 1.57. The molecular weight excluding hydrogens is 402 g/mol. The zero-order chi connectivity index (χ0) is 21.6. The van der Waals surface area contributed by atoms with Gasteiger partial charge in [0.15, 0.2) is 0 Å². The Bertz CT molecular complexity index is 854. The normalized spacial score (nSPS) is 64.9. The Morgan fingerprint density at radius 2 is 1.97 bits per heavy atom. The number of amides is 1. The quantitative estimate of drug-likeness (QED) is 0.665. The molecular formula is C23H33NO7. The van der Waals surface area contributed by atoms with E-state index in [1.54, 1.807) is 21.3 Å². The van der Waals surface area contributed by atoms with E-state index in [1.807, 2.05) is 0 Å². The lowest BCUT2D eigenvalue weighted by Gasteiger charge is -2.66. The van der Waals surface area contributed by atoms with Gasteiger partial charge in [-0.05, 0) is 25.2 Å². The first-order valence-corrected chi connectivity index (χ1v) is 11.7. The van der Waals surface area contributed by atoms with Gasteiger partial charge in [-0.2, -0.15) is 0 Å². The summed E-state index contributed by atoms with van der Waals surface area (Å²) in [7, 11) is 5.24. The molecule has 2 heterocycles. The molecule has 8 nitrogen and oxygen atoms in total. The highest BCUT2D eigenvalue weighted by atomic mass is 16.7. The van der Waals surface area contributed by atoms with Crippen molar-refractivity contribution >= 4 is 5.91 Å². The monoisotopic (exact) mass is 435 g/mol. The van der Waals surface area contributed by atoms with Crippen LogP contribution in [0.25, 0.3) is 0 Å². The highest BCUT2D eigenvalue weighted by Gasteiger charge is 2.93. The van der Waals surface area contributed by atoms with Crippen molar-refractivity contribution in [3.63, 3.8) is 0 Å². The number of hydrogen-bond acceptors (Lipinski definition) is 7. The van der Waals surface area contributed by atoms with E-state index in [0.29, 0.717) is 6.42 Å². The first-order chi connectivity index (χ1) is 14.9. The number of carbonyl (C=O) groups is 1. The van der Waals surface area contributed by atoms with Gasteiger partial charge in [-0.15, -0.1) is 0 Å². The van der Waals surface area contributed by atoms with Crippen molar-refractivity contribution < 1.29 is 33.6 Å². The van der Waals surface area contributed by atoms with Gasteiger partial charge < -0.3 is 34.1 Å². The summed E-state index contributed by atoms with van der Waals surface area (Å²) >= 11 is 0. The van der Waals surface area contributed by atoms with Gasteiger partial charge in [0, 0.05) is 50.9 Å². The van der Waals surface area contributed by atoms with E-state index in [4.69, 9.17) is 23.7 Å². The molecule has 0 aromatic carbocycles. The van der Waals surface area contributed by atoms with Crippen molar-refractivity contribution in [2.24, 2.45) is 34.5 Å². The highest BCUT2D eigenvalue weighted by molar-refractivity contribution is 5.86. The first-order valence-electron chi connectivity index (χ1n) is 11.7. The number of aliphatic hydroxyl groups is 1. The Hall–Kier alpha value is -0.770. The molecule has 1 unspecified atom stereocenters. The van der Waals surface area contributed by atoms with Crippen LogP contribution in [0.3, 0.4) is 0 Å². The number of piperidine rings is 1. The van der Waals surface area contributed by atoms with Crippen molar-refractivity contribution in [1.29, 1.82) is 0 Å². The minimum Gasteiger partial charge on any atom is -0.392 e. The molecule has 3 spiro atoms. The Labute approximate surface area is 182 Å². The van der Waals surface area contributed by atoms with E-state index in [1.165, 1.54) is 0 Å². The fourth-order valence-electron chi connectivity index (χ4n) is 10.5.